The average Bonchev–Trinajstić information content (AvgIpc) is 1.59. The minimum Gasteiger partial charge on any atom is -0.358 e. The fourth-order valence-electron chi connectivity index (χ4n) is 0.172. The van der Waals surface area contributed by atoms with Gasteiger partial charge in [0.1, 0.15) is 0 Å². The van der Waals surface area contributed by atoms with E-state index in [0.717, 1.165) is 0 Å². The molecule has 0 nitrogen and oxygen atoms in total. The second-order valence-electron chi connectivity index (χ2n) is 2.68. The third-order valence-electron chi connectivity index (χ3n) is 0.523. The van der Waals surface area contributed by atoms with Gasteiger partial charge in [0.25, 0.3) is 0 Å². The Kier molecular flexibility index (Phi) is 13.0. The van der Waals surface area contributed by atoms with E-state index in [1.165, 1.54) is 0 Å². The van der Waals surface area contributed by atoms with Gasteiger partial charge >= 0.3 is 61.9 Å². The molecule has 0 aliphatic heterocycles. The van der Waals surface area contributed by atoms with Crippen molar-refractivity contribution in [2.75, 3.05) is 0 Å². The average molecular weight is 249 g/mol. The van der Waals surface area contributed by atoms with Crippen molar-refractivity contribution in [1.29, 1.82) is 0 Å². The first kappa shape index (κ1) is 16.9. The van der Waals surface area contributed by atoms with E-state index in [0.29, 0.717) is 0 Å². The molecule has 0 N–H and O–H groups in total. The van der Waals surface area contributed by atoms with Gasteiger partial charge in [0, 0.05) is 0 Å². The summed E-state index contributed by atoms with van der Waals surface area (Å²) in [5.74, 6) is 0. The van der Waals surface area contributed by atoms with Crippen LogP contribution in [0.1, 0.15) is 20.8 Å². The van der Waals surface area contributed by atoms with Gasteiger partial charge in [-0.3, -0.25) is 0 Å². The van der Waals surface area contributed by atoms with E-state index < -0.39 is 0 Å². The summed E-state index contributed by atoms with van der Waals surface area (Å²) in [6.07, 6.45) is 2.03. The molecule has 0 aliphatic carbocycles. The molecule has 0 aromatic heterocycles. The Bertz CT molecular complexity index is 116. The Hall–Kier alpha value is 0.563. The molecule has 0 spiro atoms. The van der Waals surface area contributed by atoms with Gasteiger partial charge < -0.3 is 14.9 Å². The SMILES string of the molecule is CC(C)(C)C=[C]=[Ru][Cl].[CH3-].[CH3-]. The quantitative estimate of drug-likeness (QED) is 0.456. The summed E-state index contributed by atoms with van der Waals surface area (Å²) in [4.78, 5) is 0. The summed E-state index contributed by atoms with van der Waals surface area (Å²) in [6.45, 7) is 6.40. The van der Waals surface area contributed by atoms with Crippen molar-refractivity contribution in [3.63, 3.8) is 0 Å². The molecule has 0 heterocycles. The summed E-state index contributed by atoms with van der Waals surface area (Å²) in [7, 11) is 5.46. The molecule has 0 radical (unpaired) electrons. The van der Waals surface area contributed by atoms with Crippen LogP contribution < -0.4 is 0 Å². The number of hydrogen-bond donors (Lipinski definition) is 0. The first-order valence-electron chi connectivity index (χ1n) is 2.39. The van der Waals surface area contributed by atoms with Gasteiger partial charge in [-0.2, -0.15) is 0 Å². The smallest absolute Gasteiger partial charge is 0.358 e. The Labute approximate surface area is 76.8 Å². The van der Waals surface area contributed by atoms with Crippen LogP contribution >= 0.6 is 9.69 Å². The summed E-state index contributed by atoms with van der Waals surface area (Å²) >= 11 is -0.148. The molecule has 0 amide bonds. The molecule has 0 aromatic rings. The van der Waals surface area contributed by atoms with Gasteiger partial charge in [-0.05, 0) is 0 Å². The van der Waals surface area contributed by atoms with E-state index in [1.54, 1.807) is 0 Å². The maximum Gasteiger partial charge on any atom is -0.358 e. The van der Waals surface area contributed by atoms with Crippen molar-refractivity contribution in [3.05, 3.63) is 20.9 Å². The van der Waals surface area contributed by atoms with Crippen molar-refractivity contribution in [1.82, 2.24) is 0 Å². The Balaban J connectivity index is -0.000000245. The van der Waals surface area contributed by atoms with Crippen LogP contribution in [0.4, 0.5) is 0 Å². The van der Waals surface area contributed by atoms with Crippen molar-refractivity contribution >= 4 is 14.0 Å². The molecule has 10 heavy (non-hydrogen) atoms. The minimum atomic E-state index is -0.148. The zero-order valence-electron chi connectivity index (χ0n) is 7.31. The normalized spacial score (nSPS) is 8.40. The third-order valence-corrected chi connectivity index (χ3v) is 1.42. The first-order chi connectivity index (χ1) is 3.56. The summed E-state index contributed by atoms with van der Waals surface area (Å²) in [5.41, 5.74) is 0.254. The maximum atomic E-state index is 5.46. The molecule has 0 bridgehead atoms. The van der Waals surface area contributed by atoms with Gasteiger partial charge in [-0.25, -0.2) is 0 Å². The van der Waals surface area contributed by atoms with Crippen LogP contribution in [-0.4, -0.2) is 4.26 Å². The van der Waals surface area contributed by atoms with E-state index in [9.17, 15) is 0 Å². The molecule has 0 saturated carbocycles. The molecule has 0 atom stereocenters. The van der Waals surface area contributed by atoms with Gasteiger partial charge in [0.15, 0.2) is 0 Å². The predicted octanol–water partition coefficient (Wildman–Crippen LogP) is 3.13. The summed E-state index contributed by atoms with van der Waals surface area (Å²) < 4.78 is 3.02. The Morgan fingerprint density at radius 3 is 1.80 bits per heavy atom. The molecule has 2 heteroatoms. The van der Waals surface area contributed by atoms with Crippen LogP contribution in [0.2, 0.25) is 0 Å². The van der Waals surface area contributed by atoms with Gasteiger partial charge in [0.05, 0.1) is 0 Å². The predicted molar refractivity (Wildman–Crippen MR) is 47.7 cm³/mol. The maximum absolute atomic E-state index is 5.46. The second-order valence-corrected chi connectivity index (χ2v) is 4.30. The second kappa shape index (κ2) is 7.67. The van der Waals surface area contributed by atoms with Crippen molar-refractivity contribution in [2.24, 2.45) is 5.41 Å². The summed E-state index contributed by atoms with van der Waals surface area (Å²) in [5, 5.41) is 0. The Morgan fingerprint density at radius 1 is 1.30 bits per heavy atom. The number of allylic oxidation sites excluding steroid dienone is 1. The topological polar surface area (TPSA) is 0 Å². The molecule has 0 saturated heterocycles. The largest absolute Gasteiger partial charge is 0.358 e. The van der Waals surface area contributed by atoms with Crippen LogP contribution in [0.25, 0.3) is 0 Å². The van der Waals surface area contributed by atoms with Gasteiger partial charge in [-0.15, -0.1) is 0 Å². The van der Waals surface area contributed by atoms with E-state index in [-0.39, 0.29) is 36.0 Å². The number of hydrogen-bond acceptors (Lipinski definition) is 0. The van der Waals surface area contributed by atoms with Crippen molar-refractivity contribution in [2.45, 2.75) is 20.8 Å². The van der Waals surface area contributed by atoms with E-state index in [1.807, 2.05) is 6.08 Å². The first-order valence-corrected chi connectivity index (χ1v) is 5.49. The molecular formula is C8H16ClRu-2. The van der Waals surface area contributed by atoms with E-state index in [4.69, 9.17) is 9.69 Å². The van der Waals surface area contributed by atoms with Crippen LogP contribution in [0.5, 0.6) is 0 Å². The van der Waals surface area contributed by atoms with Gasteiger partial charge in [0.2, 0.25) is 0 Å². The fraction of sp³-hybridized carbons (Fsp3) is 0.500. The Morgan fingerprint density at radius 2 is 1.70 bits per heavy atom. The van der Waals surface area contributed by atoms with Crippen molar-refractivity contribution in [3.8, 4) is 0 Å². The van der Waals surface area contributed by atoms with Crippen LogP contribution in [0.3, 0.4) is 0 Å². The van der Waals surface area contributed by atoms with Crippen LogP contribution in [-0.2, 0) is 15.7 Å². The molecule has 0 rings (SSSR count). The third kappa shape index (κ3) is 15.8. The number of rotatable bonds is 0. The van der Waals surface area contributed by atoms with Gasteiger partial charge in [-0.1, -0.05) is 0 Å². The molecular weight excluding hydrogens is 233 g/mol. The standard InChI is InChI=1S/C6H10.2CH3.ClH.Ru/c1-5-6(2,3)4;;;;/h5H,2-4H3;2*1H3;1H;/q;2*-1;;+1/p-1. The summed E-state index contributed by atoms with van der Waals surface area (Å²) in [6, 6.07) is 0. The minimum absolute atomic E-state index is 0. The molecule has 0 aliphatic rings. The van der Waals surface area contributed by atoms with E-state index >= 15 is 0 Å². The zero-order valence-corrected chi connectivity index (χ0v) is 9.80. The van der Waals surface area contributed by atoms with Crippen LogP contribution in [0.15, 0.2) is 6.08 Å². The fourth-order valence-corrected chi connectivity index (χ4v) is 1.25. The van der Waals surface area contributed by atoms with Crippen molar-refractivity contribution < 1.29 is 15.7 Å². The monoisotopic (exact) mass is 249 g/mol. The molecule has 0 aromatic carbocycles. The van der Waals surface area contributed by atoms with E-state index in [2.05, 4.69) is 25.0 Å². The molecule has 65 valence electrons. The van der Waals surface area contributed by atoms with Crippen LogP contribution in [0, 0.1) is 20.3 Å². The number of halogens is 1. The molecule has 0 unspecified atom stereocenters. The molecule has 0 fully saturated rings. The zero-order chi connectivity index (χ0) is 6.62.